The van der Waals surface area contributed by atoms with Gasteiger partial charge in [-0.2, -0.15) is 0 Å². The van der Waals surface area contributed by atoms with Crippen molar-refractivity contribution in [2.45, 2.75) is 58.5 Å². The number of imidazole rings is 1. The van der Waals surface area contributed by atoms with Crippen LogP contribution in [-0.4, -0.2) is 68.9 Å². The Labute approximate surface area is 256 Å². The van der Waals surface area contributed by atoms with E-state index < -0.39 is 11.9 Å². The van der Waals surface area contributed by atoms with Gasteiger partial charge < -0.3 is 30.4 Å². The van der Waals surface area contributed by atoms with Crippen LogP contribution in [0.2, 0.25) is 0 Å². The van der Waals surface area contributed by atoms with Crippen molar-refractivity contribution in [1.29, 1.82) is 10.8 Å². The maximum Gasteiger partial charge on any atom is 0.338 e. The highest BCUT2D eigenvalue weighted by molar-refractivity contribution is 6.03. The summed E-state index contributed by atoms with van der Waals surface area (Å²) in [5.74, 6) is -0.308. The summed E-state index contributed by atoms with van der Waals surface area (Å²) < 4.78 is 7.07. The van der Waals surface area contributed by atoms with Crippen molar-refractivity contribution in [3.63, 3.8) is 0 Å². The number of ether oxygens (including phenoxy) is 1. The number of nitrogens with zero attached hydrogens (tertiary/aromatic N) is 3. The van der Waals surface area contributed by atoms with Gasteiger partial charge in [0.2, 0.25) is 0 Å². The zero-order valence-corrected chi connectivity index (χ0v) is 25.3. The molecule has 0 bridgehead atoms. The number of fused-ring (bicyclic) bond motifs is 2. The molecule has 11 nitrogen and oxygen atoms in total. The van der Waals surface area contributed by atoms with Crippen LogP contribution in [0.15, 0.2) is 48.5 Å². The maximum atomic E-state index is 12.4. The lowest BCUT2D eigenvalue weighted by molar-refractivity contribution is -0.141. The van der Waals surface area contributed by atoms with Crippen LogP contribution in [0.5, 0.6) is 0 Å². The SMILES string of the molecule is CCOC(=O)CC(=N)N1CCC(Nc2cc(C(=O)O)c3nc(C(C)C)n(Cc4ccc5ccc(C(=N)N)cc5c4)c3c2)CC1. The Kier molecular flexibility index (Phi) is 8.84. The number of carboxylic acids is 1. The van der Waals surface area contributed by atoms with Gasteiger partial charge in [-0.25, -0.2) is 9.78 Å². The first-order valence-electron chi connectivity index (χ1n) is 14.9. The molecular weight excluding hydrogens is 558 g/mol. The summed E-state index contributed by atoms with van der Waals surface area (Å²) in [6.45, 7) is 7.86. The summed E-state index contributed by atoms with van der Waals surface area (Å²) in [4.78, 5) is 31.0. The molecule has 44 heavy (non-hydrogen) atoms. The van der Waals surface area contributed by atoms with E-state index >= 15 is 0 Å². The number of esters is 1. The number of aromatic nitrogens is 2. The molecule has 5 rings (SSSR count). The number of hydrogen-bond donors (Lipinski definition) is 5. The van der Waals surface area contributed by atoms with Crippen molar-refractivity contribution in [2.75, 3.05) is 25.0 Å². The van der Waals surface area contributed by atoms with Crippen LogP contribution in [0.25, 0.3) is 21.8 Å². The number of carboxylic acid groups (broad SMARTS) is 1. The van der Waals surface area contributed by atoms with E-state index in [1.807, 2.05) is 49.1 Å². The van der Waals surface area contributed by atoms with Crippen molar-refractivity contribution in [3.8, 4) is 0 Å². The van der Waals surface area contributed by atoms with Crippen LogP contribution >= 0.6 is 0 Å². The van der Waals surface area contributed by atoms with Gasteiger partial charge in [-0.1, -0.05) is 38.1 Å². The third-order valence-corrected chi connectivity index (χ3v) is 8.05. The predicted octanol–water partition coefficient (Wildman–Crippen LogP) is 5.15. The summed E-state index contributed by atoms with van der Waals surface area (Å²) in [6, 6.07) is 15.6. The van der Waals surface area contributed by atoms with Gasteiger partial charge in [-0.3, -0.25) is 15.6 Å². The van der Waals surface area contributed by atoms with Crippen molar-refractivity contribution >= 4 is 51.1 Å². The molecule has 0 spiro atoms. The van der Waals surface area contributed by atoms with Gasteiger partial charge in [0.05, 0.1) is 17.7 Å². The molecule has 1 saturated heterocycles. The number of aromatic carboxylic acids is 1. The van der Waals surface area contributed by atoms with Gasteiger partial charge in [0.15, 0.2) is 0 Å². The molecule has 0 radical (unpaired) electrons. The Bertz CT molecular complexity index is 1750. The number of nitrogen functional groups attached to an aromatic ring is 1. The molecule has 230 valence electrons. The highest BCUT2D eigenvalue weighted by atomic mass is 16.5. The topological polar surface area (TPSA) is 170 Å². The first kappa shape index (κ1) is 30.5. The molecule has 3 aromatic carbocycles. The van der Waals surface area contributed by atoms with Gasteiger partial charge in [-0.15, -0.1) is 0 Å². The molecule has 0 saturated carbocycles. The third kappa shape index (κ3) is 6.51. The van der Waals surface area contributed by atoms with Gasteiger partial charge >= 0.3 is 11.9 Å². The van der Waals surface area contributed by atoms with Crippen molar-refractivity contribution < 1.29 is 19.4 Å². The summed E-state index contributed by atoms with van der Waals surface area (Å²) in [6.07, 6.45) is 1.44. The van der Waals surface area contributed by atoms with Crippen molar-refractivity contribution in [1.82, 2.24) is 14.5 Å². The van der Waals surface area contributed by atoms with Gasteiger partial charge in [0, 0.05) is 42.8 Å². The molecule has 1 aliphatic rings. The van der Waals surface area contributed by atoms with Crippen LogP contribution < -0.4 is 11.1 Å². The van der Waals surface area contributed by atoms with Gasteiger partial charge in [0.25, 0.3) is 0 Å². The van der Waals surface area contributed by atoms with E-state index in [0.29, 0.717) is 43.0 Å². The highest BCUT2D eigenvalue weighted by Crippen LogP contribution is 2.31. The molecule has 4 aromatic rings. The van der Waals surface area contributed by atoms with E-state index in [1.54, 1.807) is 13.0 Å². The monoisotopic (exact) mass is 597 g/mol. The van der Waals surface area contributed by atoms with E-state index in [9.17, 15) is 14.7 Å². The van der Waals surface area contributed by atoms with Gasteiger partial charge in [0.1, 0.15) is 29.4 Å². The van der Waals surface area contributed by atoms with Crippen LogP contribution in [-0.2, 0) is 16.1 Å². The van der Waals surface area contributed by atoms with E-state index in [2.05, 4.69) is 22.0 Å². The minimum absolute atomic E-state index is 0.0156. The van der Waals surface area contributed by atoms with Crippen molar-refractivity contribution in [3.05, 3.63) is 71.0 Å². The quantitative estimate of drug-likeness (QED) is 0.0949. The number of benzene rings is 3. The number of carbonyl (C=O) groups excluding carboxylic acids is 1. The van der Waals surface area contributed by atoms with Crippen LogP contribution in [0.1, 0.15) is 73.3 Å². The fourth-order valence-corrected chi connectivity index (χ4v) is 5.83. The van der Waals surface area contributed by atoms with E-state index in [0.717, 1.165) is 40.5 Å². The molecule has 1 aromatic heterocycles. The average molecular weight is 598 g/mol. The fourth-order valence-electron chi connectivity index (χ4n) is 5.83. The molecule has 1 fully saturated rings. The Morgan fingerprint density at radius 1 is 1.09 bits per heavy atom. The van der Waals surface area contributed by atoms with Crippen LogP contribution in [0.3, 0.4) is 0 Å². The summed E-state index contributed by atoms with van der Waals surface area (Å²) in [5, 5.41) is 31.8. The van der Waals surface area contributed by atoms with Crippen molar-refractivity contribution in [2.24, 2.45) is 5.73 Å². The number of nitrogens with two attached hydrogens (primary N) is 1. The lowest BCUT2D eigenvalue weighted by Gasteiger charge is -2.34. The smallest absolute Gasteiger partial charge is 0.338 e. The number of carbonyl (C=O) groups is 2. The zero-order chi connectivity index (χ0) is 31.5. The average Bonchev–Trinajstić information content (AvgIpc) is 3.35. The Morgan fingerprint density at radius 2 is 1.82 bits per heavy atom. The van der Waals surface area contributed by atoms with Gasteiger partial charge in [-0.05, 0) is 60.4 Å². The number of hydrogen-bond acceptors (Lipinski definition) is 7. The zero-order valence-electron chi connectivity index (χ0n) is 25.3. The predicted molar refractivity (Wildman–Crippen MR) is 172 cm³/mol. The number of piperidine rings is 1. The first-order chi connectivity index (χ1) is 21.0. The Balaban J connectivity index is 1.43. The second kappa shape index (κ2) is 12.7. The van der Waals surface area contributed by atoms with Crippen LogP contribution in [0, 0.1) is 10.8 Å². The molecule has 0 amide bonds. The maximum absolute atomic E-state index is 12.4. The molecule has 0 aliphatic carbocycles. The lowest BCUT2D eigenvalue weighted by atomic mass is 10.0. The summed E-state index contributed by atoms with van der Waals surface area (Å²) >= 11 is 0. The molecule has 1 aliphatic heterocycles. The minimum Gasteiger partial charge on any atom is -0.478 e. The van der Waals surface area contributed by atoms with E-state index in [-0.39, 0.29) is 35.6 Å². The van der Waals surface area contributed by atoms with Crippen LogP contribution in [0.4, 0.5) is 5.69 Å². The number of amidine groups is 2. The number of likely N-dealkylation sites (tertiary alicyclic amines) is 1. The molecule has 2 heterocycles. The highest BCUT2D eigenvalue weighted by Gasteiger charge is 2.25. The second-order valence-corrected chi connectivity index (χ2v) is 11.6. The second-order valence-electron chi connectivity index (χ2n) is 11.6. The molecule has 0 unspecified atom stereocenters. The molecule has 0 atom stereocenters. The number of anilines is 1. The normalized spacial score (nSPS) is 13.9. The minimum atomic E-state index is -1.04. The molecular formula is C33H39N7O4. The lowest BCUT2D eigenvalue weighted by Crippen LogP contribution is -2.42. The fraction of sp³-hybridized carbons (Fsp3) is 0.364. The third-order valence-electron chi connectivity index (χ3n) is 8.05. The summed E-state index contributed by atoms with van der Waals surface area (Å²) in [7, 11) is 0. The Hall–Kier alpha value is -4.93. The first-order valence-corrected chi connectivity index (χ1v) is 14.9. The van der Waals surface area contributed by atoms with E-state index in [1.165, 1.54) is 0 Å². The number of nitrogens with one attached hydrogen (secondary N) is 3. The number of rotatable bonds is 10. The summed E-state index contributed by atoms with van der Waals surface area (Å²) in [5.41, 5.74) is 9.44. The Morgan fingerprint density at radius 3 is 2.48 bits per heavy atom. The largest absolute Gasteiger partial charge is 0.478 e. The standard InChI is InChI=1S/C33H39N7O4/c1-4-44-29(41)17-28(34)39-11-9-24(10-12-39)37-25-15-26(33(42)43)30-27(16-25)40(32(38-30)19(2)3)18-20-5-6-21-7-8-22(31(35)36)14-23(21)13-20/h5-8,13-16,19,24,34,37H,4,9-12,17-18H2,1-3H3,(H3,35,36)(H,42,43). The molecule has 11 heteroatoms. The molecule has 6 N–H and O–H groups in total. The van der Waals surface area contributed by atoms with E-state index in [4.69, 9.17) is 26.3 Å².